The summed E-state index contributed by atoms with van der Waals surface area (Å²) < 4.78 is 41.5. The largest absolute Gasteiger partial charge is 0.482 e. The van der Waals surface area contributed by atoms with Gasteiger partial charge in [0.15, 0.2) is 6.61 Å². The number of carbonyl (C=O) groups excluding carboxylic acids is 1. The van der Waals surface area contributed by atoms with Gasteiger partial charge in [0.1, 0.15) is 5.75 Å². The van der Waals surface area contributed by atoms with Gasteiger partial charge in [-0.05, 0) is 31.4 Å². The summed E-state index contributed by atoms with van der Waals surface area (Å²) in [5.41, 5.74) is 5.92. The fraction of sp³-hybridized carbons (Fsp3) is 0.500. The molecule has 1 aliphatic carbocycles. The van der Waals surface area contributed by atoms with Crippen molar-refractivity contribution in [2.24, 2.45) is 11.7 Å². The molecule has 1 saturated carbocycles. The van der Waals surface area contributed by atoms with Crippen LogP contribution in [-0.4, -0.2) is 24.7 Å². The van der Waals surface area contributed by atoms with Gasteiger partial charge >= 0.3 is 6.18 Å². The van der Waals surface area contributed by atoms with Crippen LogP contribution in [0.4, 0.5) is 18.9 Å². The molecule has 2 atom stereocenters. The van der Waals surface area contributed by atoms with Gasteiger partial charge in [0, 0.05) is 23.0 Å². The molecule has 23 heavy (non-hydrogen) atoms. The Morgan fingerprint density at radius 3 is 2.65 bits per heavy atom. The molecule has 0 radical (unpaired) electrons. The summed E-state index contributed by atoms with van der Waals surface area (Å²) in [6, 6.07) is 4.11. The molecule has 0 spiro atoms. The summed E-state index contributed by atoms with van der Waals surface area (Å²) in [5.74, 6) is -0.617. The minimum Gasteiger partial charge on any atom is -0.482 e. The van der Waals surface area contributed by atoms with E-state index in [4.69, 9.17) is 22.1 Å². The lowest BCUT2D eigenvalue weighted by molar-refractivity contribution is -0.153. The van der Waals surface area contributed by atoms with E-state index >= 15 is 0 Å². The predicted octanol–water partition coefficient (Wildman–Crippen LogP) is 3.77. The first-order valence-electron chi connectivity index (χ1n) is 6.80. The topological polar surface area (TPSA) is 64.4 Å². The first kappa shape index (κ1) is 19.9. The minimum atomic E-state index is -4.47. The van der Waals surface area contributed by atoms with E-state index in [2.05, 4.69) is 5.32 Å². The summed E-state index contributed by atoms with van der Waals surface area (Å²) >= 11 is 5.76. The number of carbonyl (C=O) groups is 1. The van der Waals surface area contributed by atoms with Crippen molar-refractivity contribution < 1.29 is 22.7 Å². The second-order valence-corrected chi connectivity index (χ2v) is 5.74. The maximum absolute atomic E-state index is 12.3. The number of alkyl halides is 3. The van der Waals surface area contributed by atoms with Gasteiger partial charge in [0.05, 0.1) is 5.69 Å². The van der Waals surface area contributed by atoms with Gasteiger partial charge in [-0.25, -0.2) is 0 Å². The van der Waals surface area contributed by atoms with Gasteiger partial charge in [-0.15, -0.1) is 12.4 Å². The Morgan fingerprint density at radius 1 is 1.39 bits per heavy atom. The second kappa shape index (κ2) is 8.08. The van der Waals surface area contributed by atoms with E-state index in [9.17, 15) is 18.0 Å². The van der Waals surface area contributed by atoms with E-state index < -0.39 is 12.8 Å². The van der Waals surface area contributed by atoms with Crippen molar-refractivity contribution in [1.82, 2.24) is 0 Å². The second-order valence-electron chi connectivity index (χ2n) is 5.30. The third-order valence-corrected chi connectivity index (χ3v) is 3.67. The van der Waals surface area contributed by atoms with Gasteiger partial charge in [0.2, 0.25) is 5.91 Å². The lowest BCUT2D eigenvalue weighted by Crippen LogP contribution is -2.24. The Bertz CT molecular complexity index is 555. The molecule has 0 aliphatic heterocycles. The molecule has 9 heteroatoms. The van der Waals surface area contributed by atoms with Gasteiger partial charge in [-0.1, -0.05) is 11.6 Å². The fourth-order valence-corrected chi connectivity index (χ4v) is 2.53. The van der Waals surface area contributed by atoms with E-state index in [0.29, 0.717) is 12.8 Å². The van der Waals surface area contributed by atoms with E-state index in [1.54, 1.807) is 0 Å². The van der Waals surface area contributed by atoms with Crippen LogP contribution in [0.15, 0.2) is 18.2 Å². The number of hydrogen-bond donors (Lipinski definition) is 2. The third kappa shape index (κ3) is 6.08. The Morgan fingerprint density at radius 2 is 2.09 bits per heavy atom. The quantitative estimate of drug-likeness (QED) is 0.845. The van der Waals surface area contributed by atoms with Crippen molar-refractivity contribution in [3.05, 3.63) is 23.2 Å². The molecule has 1 aliphatic rings. The molecule has 0 bridgehead atoms. The normalized spacial score (nSPS) is 20.7. The van der Waals surface area contributed by atoms with Gasteiger partial charge < -0.3 is 15.8 Å². The van der Waals surface area contributed by atoms with Crippen molar-refractivity contribution in [3.63, 3.8) is 0 Å². The van der Waals surface area contributed by atoms with Crippen molar-refractivity contribution in [2.75, 3.05) is 11.9 Å². The number of anilines is 1. The summed E-state index contributed by atoms with van der Waals surface area (Å²) in [6.45, 7) is -1.45. The van der Waals surface area contributed by atoms with Crippen LogP contribution in [0.5, 0.6) is 5.75 Å². The average Bonchev–Trinajstić information content (AvgIpc) is 2.85. The number of nitrogens with two attached hydrogens (primary N) is 1. The molecule has 0 saturated heterocycles. The van der Waals surface area contributed by atoms with Gasteiger partial charge in [0.25, 0.3) is 0 Å². The molecule has 2 unspecified atom stereocenters. The van der Waals surface area contributed by atoms with Crippen LogP contribution in [0, 0.1) is 5.92 Å². The molecule has 1 aromatic rings. The first-order chi connectivity index (χ1) is 10.2. The Kier molecular flexibility index (Phi) is 6.98. The molecule has 1 aromatic carbocycles. The highest BCUT2D eigenvalue weighted by atomic mass is 35.5. The average molecular weight is 373 g/mol. The van der Waals surface area contributed by atoms with E-state index in [-0.39, 0.29) is 46.7 Å². The highest BCUT2D eigenvalue weighted by Crippen LogP contribution is 2.32. The first-order valence-corrected chi connectivity index (χ1v) is 7.18. The molecule has 0 heterocycles. The van der Waals surface area contributed by atoms with Crippen molar-refractivity contribution in [1.29, 1.82) is 0 Å². The number of rotatable bonds is 4. The Balaban J connectivity index is 0.00000264. The van der Waals surface area contributed by atoms with Gasteiger partial charge in [-0.2, -0.15) is 13.2 Å². The van der Waals surface area contributed by atoms with Crippen molar-refractivity contribution >= 4 is 35.6 Å². The standard InChI is InChI=1S/C14H16ClF3N2O2.ClH/c15-9-2-4-11(12(6-9)22-7-14(16,17)18)20-13(21)8-1-3-10(19)5-8;/h2,4,6,8,10H,1,3,5,7,19H2,(H,20,21);1H. The molecule has 130 valence electrons. The number of amides is 1. The lowest BCUT2D eigenvalue weighted by Gasteiger charge is -2.16. The van der Waals surface area contributed by atoms with Crippen LogP contribution in [0.3, 0.4) is 0 Å². The monoisotopic (exact) mass is 372 g/mol. The van der Waals surface area contributed by atoms with E-state index in [1.165, 1.54) is 18.2 Å². The molecular weight excluding hydrogens is 356 g/mol. The number of hydrogen-bond acceptors (Lipinski definition) is 3. The highest BCUT2D eigenvalue weighted by Gasteiger charge is 2.30. The highest BCUT2D eigenvalue weighted by molar-refractivity contribution is 6.30. The zero-order valence-corrected chi connectivity index (χ0v) is 13.6. The number of nitrogens with one attached hydrogen (secondary N) is 1. The maximum Gasteiger partial charge on any atom is 0.422 e. The zero-order chi connectivity index (χ0) is 16.3. The smallest absolute Gasteiger partial charge is 0.422 e. The number of ether oxygens (including phenoxy) is 1. The summed E-state index contributed by atoms with van der Waals surface area (Å²) in [6.07, 6.45) is -2.48. The third-order valence-electron chi connectivity index (χ3n) is 3.44. The molecule has 0 aromatic heterocycles. The van der Waals surface area contributed by atoms with Gasteiger partial charge in [-0.3, -0.25) is 4.79 Å². The van der Waals surface area contributed by atoms with Crippen LogP contribution in [0.2, 0.25) is 5.02 Å². The summed E-state index contributed by atoms with van der Waals surface area (Å²) in [4.78, 5) is 12.1. The fourth-order valence-electron chi connectivity index (χ4n) is 2.37. The number of halogens is 5. The lowest BCUT2D eigenvalue weighted by atomic mass is 10.1. The Hall–Kier alpha value is -1.18. The zero-order valence-electron chi connectivity index (χ0n) is 12.0. The molecular formula is C14H17Cl2F3N2O2. The van der Waals surface area contributed by atoms with Crippen LogP contribution < -0.4 is 15.8 Å². The van der Waals surface area contributed by atoms with Crippen molar-refractivity contribution in [3.8, 4) is 5.75 Å². The van der Waals surface area contributed by atoms with Crippen molar-refractivity contribution in [2.45, 2.75) is 31.5 Å². The molecule has 1 fully saturated rings. The number of benzene rings is 1. The van der Waals surface area contributed by atoms with Crippen LogP contribution >= 0.6 is 24.0 Å². The molecule has 2 rings (SSSR count). The van der Waals surface area contributed by atoms with E-state index in [1.807, 2.05) is 0 Å². The Labute approximate surface area is 142 Å². The minimum absolute atomic E-state index is 0. The van der Waals surface area contributed by atoms with Crippen LogP contribution in [0.1, 0.15) is 19.3 Å². The van der Waals surface area contributed by atoms with Crippen LogP contribution in [-0.2, 0) is 4.79 Å². The molecule has 3 N–H and O–H groups in total. The maximum atomic E-state index is 12.3. The predicted molar refractivity (Wildman–Crippen MR) is 84.2 cm³/mol. The summed E-state index contributed by atoms with van der Waals surface area (Å²) in [5, 5.41) is 2.81. The molecule has 1 amide bonds. The summed E-state index contributed by atoms with van der Waals surface area (Å²) in [7, 11) is 0. The van der Waals surface area contributed by atoms with E-state index in [0.717, 1.165) is 6.42 Å². The SMILES string of the molecule is Cl.NC1CCC(C(=O)Nc2ccc(Cl)cc2OCC(F)(F)F)C1. The van der Waals surface area contributed by atoms with Crippen LogP contribution in [0.25, 0.3) is 0 Å². The molecule has 4 nitrogen and oxygen atoms in total.